The van der Waals surface area contributed by atoms with E-state index >= 15 is 0 Å². The molecule has 3 nitrogen and oxygen atoms in total. The van der Waals surface area contributed by atoms with Crippen LogP contribution >= 0.6 is 0 Å². The van der Waals surface area contributed by atoms with Crippen molar-refractivity contribution in [2.24, 2.45) is 5.92 Å². The number of carbonyl (C=O) groups excluding carboxylic acids is 1. The molecular formula is C12H26N2O. The standard InChI is InChI=1S/C12H26N2O/c1-6-10(3)9-14(5)12(15)8-11(4)13-7-2/h10-11,13H,6-9H2,1-5H3. The number of amides is 1. The summed E-state index contributed by atoms with van der Waals surface area (Å²) in [5.74, 6) is 0.831. The minimum atomic E-state index is 0.240. The highest BCUT2D eigenvalue weighted by molar-refractivity contribution is 5.76. The Morgan fingerprint density at radius 2 is 1.93 bits per heavy atom. The van der Waals surface area contributed by atoms with Gasteiger partial charge < -0.3 is 10.2 Å². The first-order valence-corrected chi connectivity index (χ1v) is 5.98. The molecular weight excluding hydrogens is 188 g/mol. The molecule has 2 unspecified atom stereocenters. The summed E-state index contributed by atoms with van der Waals surface area (Å²) >= 11 is 0. The zero-order valence-electron chi connectivity index (χ0n) is 10.8. The van der Waals surface area contributed by atoms with Crippen molar-refractivity contribution in [2.75, 3.05) is 20.1 Å². The Bertz CT molecular complexity index is 182. The third-order valence-electron chi connectivity index (χ3n) is 2.74. The Balaban J connectivity index is 3.88. The molecule has 0 aromatic rings. The van der Waals surface area contributed by atoms with Crippen molar-refractivity contribution in [3.63, 3.8) is 0 Å². The molecule has 0 aliphatic rings. The lowest BCUT2D eigenvalue weighted by atomic mass is 10.1. The van der Waals surface area contributed by atoms with E-state index in [1.165, 1.54) is 0 Å². The van der Waals surface area contributed by atoms with Crippen LogP contribution in [0.2, 0.25) is 0 Å². The number of nitrogens with zero attached hydrogens (tertiary/aromatic N) is 1. The molecule has 3 heteroatoms. The second-order valence-electron chi connectivity index (χ2n) is 4.45. The predicted octanol–water partition coefficient (Wildman–Crippen LogP) is 1.88. The number of hydrogen-bond donors (Lipinski definition) is 1. The van der Waals surface area contributed by atoms with E-state index in [1.54, 1.807) is 0 Å². The molecule has 15 heavy (non-hydrogen) atoms. The highest BCUT2D eigenvalue weighted by atomic mass is 16.2. The van der Waals surface area contributed by atoms with Crippen LogP contribution in [0.25, 0.3) is 0 Å². The number of rotatable bonds is 7. The first-order valence-electron chi connectivity index (χ1n) is 5.98. The average molecular weight is 214 g/mol. The van der Waals surface area contributed by atoms with E-state index in [0.29, 0.717) is 12.3 Å². The second-order valence-corrected chi connectivity index (χ2v) is 4.45. The van der Waals surface area contributed by atoms with Crippen molar-refractivity contribution < 1.29 is 4.79 Å². The maximum absolute atomic E-state index is 11.8. The topological polar surface area (TPSA) is 32.3 Å². The van der Waals surface area contributed by atoms with Crippen LogP contribution in [0.1, 0.15) is 40.5 Å². The molecule has 90 valence electrons. The van der Waals surface area contributed by atoms with E-state index in [2.05, 4.69) is 33.0 Å². The van der Waals surface area contributed by atoms with Gasteiger partial charge in [-0.3, -0.25) is 4.79 Å². The van der Waals surface area contributed by atoms with Crippen LogP contribution in [0.5, 0.6) is 0 Å². The van der Waals surface area contributed by atoms with Crippen molar-refractivity contribution in [3.8, 4) is 0 Å². The molecule has 0 aliphatic heterocycles. The van der Waals surface area contributed by atoms with Crippen LogP contribution in [-0.4, -0.2) is 37.0 Å². The maximum Gasteiger partial charge on any atom is 0.223 e. The van der Waals surface area contributed by atoms with E-state index in [0.717, 1.165) is 19.5 Å². The van der Waals surface area contributed by atoms with E-state index in [-0.39, 0.29) is 11.9 Å². The molecule has 0 radical (unpaired) electrons. The lowest BCUT2D eigenvalue weighted by molar-refractivity contribution is -0.130. The fourth-order valence-corrected chi connectivity index (χ4v) is 1.54. The largest absolute Gasteiger partial charge is 0.345 e. The van der Waals surface area contributed by atoms with Gasteiger partial charge in [-0.1, -0.05) is 27.2 Å². The van der Waals surface area contributed by atoms with Crippen LogP contribution in [0.3, 0.4) is 0 Å². The zero-order valence-corrected chi connectivity index (χ0v) is 10.8. The molecule has 0 aliphatic carbocycles. The van der Waals surface area contributed by atoms with Gasteiger partial charge in [0.05, 0.1) is 0 Å². The molecule has 0 spiro atoms. The molecule has 1 N–H and O–H groups in total. The molecule has 0 saturated heterocycles. The fraction of sp³-hybridized carbons (Fsp3) is 0.917. The highest BCUT2D eigenvalue weighted by Gasteiger charge is 2.14. The fourth-order valence-electron chi connectivity index (χ4n) is 1.54. The minimum Gasteiger partial charge on any atom is -0.345 e. The smallest absolute Gasteiger partial charge is 0.223 e. The van der Waals surface area contributed by atoms with E-state index in [4.69, 9.17) is 0 Å². The van der Waals surface area contributed by atoms with Crippen molar-refractivity contribution in [1.29, 1.82) is 0 Å². The summed E-state index contributed by atoms with van der Waals surface area (Å²) in [6.45, 7) is 10.2. The summed E-state index contributed by atoms with van der Waals surface area (Å²) in [6.07, 6.45) is 1.72. The third kappa shape index (κ3) is 6.50. The number of carbonyl (C=O) groups is 1. The van der Waals surface area contributed by atoms with Crippen LogP contribution in [-0.2, 0) is 4.79 Å². The van der Waals surface area contributed by atoms with Crippen LogP contribution < -0.4 is 5.32 Å². The van der Waals surface area contributed by atoms with Gasteiger partial charge in [-0.25, -0.2) is 0 Å². The van der Waals surface area contributed by atoms with Gasteiger partial charge in [0.15, 0.2) is 0 Å². The van der Waals surface area contributed by atoms with Gasteiger partial charge in [0.1, 0.15) is 0 Å². The maximum atomic E-state index is 11.8. The lowest BCUT2D eigenvalue weighted by Gasteiger charge is -2.22. The Kier molecular flexibility index (Phi) is 7.39. The summed E-state index contributed by atoms with van der Waals surface area (Å²) in [6, 6.07) is 0.280. The Labute approximate surface area is 94.2 Å². The summed E-state index contributed by atoms with van der Waals surface area (Å²) in [7, 11) is 1.90. The number of hydrogen-bond acceptors (Lipinski definition) is 2. The molecule has 2 atom stereocenters. The Morgan fingerprint density at radius 3 is 2.40 bits per heavy atom. The van der Waals surface area contributed by atoms with Crippen molar-refractivity contribution in [2.45, 2.75) is 46.6 Å². The highest BCUT2D eigenvalue weighted by Crippen LogP contribution is 2.04. The van der Waals surface area contributed by atoms with E-state index < -0.39 is 0 Å². The minimum absolute atomic E-state index is 0.240. The van der Waals surface area contributed by atoms with E-state index in [1.807, 2.05) is 11.9 Å². The Hall–Kier alpha value is -0.570. The second kappa shape index (κ2) is 7.69. The van der Waals surface area contributed by atoms with Gasteiger partial charge in [-0.15, -0.1) is 0 Å². The van der Waals surface area contributed by atoms with Crippen molar-refractivity contribution >= 4 is 5.91 Å². The molecule has 0 heterocycles. The lowest BCUT2D eigenvalue weighted by Crippen LogP contribution is -2.36. The van der Waals surface area contributed by atoms with Gasteiger partial charge in [0.2, 0.25) is 5.91 Å². The summed E-state index contributed by atoms with van der Waals surface area (Å²) in [5, 5.41) is 3.25. The summed E-state index contributed by atoms with van der Waals surface area (Å²) in [4.78, 5) is 13.6. The van der Waals surface area contributed by atoms with Gasteiger partial charge in [-0.2, -0.15) is 0 Å². The SMILES string of the molecule is CCNC(C)CC(=O)N(C)CC(C)CC. The Morgan fingerprint density at radius 1 is 1.33 bits per heavy atom. The number of nitrogens with one attached hydrogen (secondary N) is 1. The monoisotopic (exact) mass is 214 g/mol. The molecule has 0 fully saturated rings. The summed E-state index contributed by atoms with van der Waals surface area (Å²) < 4.78 is 0. The summed E-state index contributed by atoms with van der Waals surface area (Å²) in [5.41, 5.74) is 0. The zero-order chi connectivity index (χ0) is 11.8. The average Bonchev–Trinajstić information content (AvgIpc) is 2.17. The van der Waals surface area contributed by atoms with Crippen LogP contribution in [0, 0.1) is 5.92 Å². The van der Waals surface area contributed by atoms with Crippen LogP contribution in [0.15, 0.2) is 0 Å². The first-order chi connectivity index (χ1) is 7.01. The molecule has 0 aromatic heterocycles. The van der Waals surface area contributed by atoms with Crippen molar-refractivity contribution in [3.05, 3.63) is 0 Å². The first kappa shape index (κ1) is 14.4. The quantitative estimate of drug-likeness (QED) is 0.702. The van der Waals surface area contributed by atoms with Crippen molar-refractivity contribution in [1.82, 2.24) is 10.2 Å². The van der Waals surface area contributed by atoms with Gasteiger partial charge in [-0.05, 0) is 19.4 Å². The molecule has 1 amide bonds. The molecule has 0 bridgehead atoms. The normalized spacial score (nSPS) is 14.7. The van der Waals surface area contributed by atoms with Gasteiger partial charge >= 0.3 is 0 Å². The molecule has 0 saturated carbocycles. The molecule has 0 aromatic carbocycles. The van der Waals surface area contributed by atoms with Gasteiger partial charge in [0.25, 0.3) is 0 Å². The van der Waals surface area contributed by atoms with E-state index in [9.17, 15) is 4.79 Å². The van der Waals surface area contributed by atoms with Gasteiger partial charge in [0, 0.05) is 26.1 Å². The third-order valence-corrected chi connectivity index (χ3v) is 2.74. The van der Waals surface area contributed by atoms with Crippen LogP contribution in [0.4, 0.5) is 0 Å². The predicted molar refractivity (Wildman–Crippen MR) is 64.8 cm³/mol. The molecule has 0 rings (SSSR count).